The van der Waals surface area contributed by atoms with Crippen LogP contribution in [0.25, 0.3) is 11.6 Å². The van der Waals surface area contributed by atoms with E-state index in [1.54, 1.807) is 19.2 Å². The molecule has 1 N–H and O–H groups in total. The highest BCUT2D eigenvalue weighted by molar-refractivity contribution is 5.76. The van der Waals surface area contributed by atoms with Gasteiger partial charge in [0, 0.05) is 26.5 Å². The van der Waals surface area contributed by atoms with Crippen molar-refractivity contribution in [1.29, 1.82) is 0 Å². The van der Waals surface area contributed by atoms with Crippen molar-refractivity contribution in [2.75, 3.05) is 20.3 Å². The molecule has 2 aromatic heterocycles. The van der Waals surface area contributed by atoms with E-state index in [1.807, 2.05) is 24.3 Å². The van der Waals surface area contributed by atoms with Gasteiger partial charge in [-0.05, 0) is 29.8 Å². The minimum absolute atomic E-state index is 0.0987. The molecule has 0 aliphatic carbocycles. The molecule has 0 aliphatic rings. The Bertz CT molecular complexity index is 845. The number of aryl methyl sites for hydroxylation is 1. The van der Waals surface area contributed by atoms with Gasteiger partial charge in [0.05, 0.1) is 12.9 Å². The molecule has 1 aromatic carbocycles. The second kappa shape index (κ2) is 9.54. The van der Waals surface area contributed by atoms with E-state index in [9.17, 15) is 4.79 Å². The molecule has 27 heavy (non-hydrogen) atoms. The van der Waals surface area contributed by atoms with Crippen LogP contribution in [0, 0.1) is 0 Å². The number of methoxy groups -OCH3 is 1. The number of hydrogen-bond donors (Lipinski definition) is 1. The van der Waals surface area contributed by atoms with Crippen LogP contribution < -0.4 is 10.1 Å². The molecule has 0 saturated carbocycles. The quantitative estimate of drug-likeness (QED) is 0.547. The Kier molecular flexibility index (Phi) is 6.59. The van der Waals surface area contributed by atoms with E-state index in [0.717, 1.165) is 11.3 Å². The summed E-state index contributed by atoms with van der Waals surface area (Å²) in [5.74, 6) is 1.95. The molecule has 0 radical (unpaired) electrons. The highest BCUT2D eigenvalue weighted by Gasteiger charge is 2.12. The summed E-state index contributed by atoms with van der Waals surface area (Å²) >= 11 is 0. The van der Waals surface area contributed by atoms with E-state index in [0.29, 0.717) is 43.7 Å². The lowest BCUT2D eigenvalue weighted by molar-refractivity contribution is -0.121. The van der Waals surface area contributed by atoms with Crippen molar-refractivity contribution in [1.82, 2.24) is 15.5 Å². The second-order valence-electron chi connectivity index (χ2n) is 5.75. The minimum Gasteiger partial charge on any atom is -0.491 e. The number of nitrogens with one attached hydrogen (secondary N) is 1. The summed E-state index contributed by atoms with van der Waals surface area (Å²) in [5, 5.41) is 6.71. The number of carbonyl (C=O) groups excluding carboxylic acids is 1. The summed E-state index contributed by atoms with van der Waals surface area (Å²) in [5.41, 5.74) is 0.955. The van der Waals surface area contributed by atoms with E-state index < -0.39 is 0 Å². The summed E-state index contributed by atoms with van der Waals surface area (Å²) in [6, 6.07) is 11.1. The lowest BCUT2D eigenvalue weighted by Gasteiger charge is -2.08. The highest BCUT2D eigenvalue weighted by Crippen LogP contribution is 2.16. The molecule has 142 valence electrons. The van der Waals surface area contributed by atoms with Crippen LogP contribution in [0.1, 0.15) is 17.9 Å². The molecular weight excluding hydrogens is 350 g/mol. The Morgan fingerprint density at radius 2 is 2.15 bits per heavy atom. The Balaban J connectivity index is 1.43. The summed E-state index contributed by atoms with van der Waals surface area (Å²) < 4.78 is 20.9. The predicted molar refractivity (Wildman–Crippen MR) is 96.0 cm³/mol. The Morgan fingerprint density at radius 3 is 2.96 bits per heavy atom. The van der Waals surface area contributed by atoms with Crippen LogP contribution >= 0.6 is 0 Å². The predicted octanol–water partition coefficient (Wildman–Crippen LogP) is 2.60. The van der Waals surface area contributed by atoms with Crippen molar-refractivity contribution in [3.05, 3.63) is 54.1 Å². The zero-order valence-corrected chi connectivity index (χ0v) is 15.0. The highest BCUT2D eigenvalue weighted by atomic mass is 16.5. The van der Waals surface area contributed by atoms with Crippen molar-refractivity contribution >= 4 is 5.91 Å². The molecule has 0 bridgehead atoms. The number of rotatable bonds is 10. The number of carbonyl (C=O) groups is 1. The van der Waals surface area contributed by atoms with Crippen molar-refractivity contribution in [2.45, 2.75) is 19.4 Å². The van der Waals surface area contributed by atoms with Crippen LogP contribution in [0.15, 0.2) is 51.6 Å². The molecule has 8 nitrogen and oxygen atoms in total. The zero-order valence-electron chi connectivity index (χ0n) is 15.0. The van der Waals surface area contributed by atoms with E-state index in [-0.39, 0.29) is 12.3 Å². The SMILES string of the molecule is COCCOc1cccc(CNC(=O)CCc2nc(-c3ccco3)no2)c1. The summed E-state index contributed by atoms with van der Waals surface area (Å²) in [6.45, 7) is 1.43. The van der Waals surface area contributed by atoms with Crippen molar-refractivity contribution in [3.63, 3.8) is 0 Å². The molecule has 3 rings (SSSR count). The second-order valence-corrected chi connectivity index (χ2v) is 5.75. The third-order valence-corrected chi connectivity index (χ3v) is 3.72. The summed E-state index contributed by atoms with van der Waals surface area (Å²) in [6.07, 6.45) is 2.15. The lowest BCUT2D eigenvalue weighted by Crippen LogP contribution is -2.23. The lowest BCUT2D eigenvalue weighted by atomic mass is 10.2. The largest absolute Gasteiger partial charge is 0.491 e. The molecule has 0 atom stereocenters. The van der Waals surface area contributed by atoms with Crippen LogP contribution in [0.2, 0.25) is 0 Å². The number of aromatic nitrogens is 2. The molecule has 0 saturated heterocycles. The smallest absolute Gasteiger partial charge is 0.238 e. The van der Waals surface area contributed by atoms with Crippen LogP contribution in [0.5, 0.6) is 5.75 Å². The first-order valence-corrected chi connectivity index (χ1v) is 8.58. The Morgan fingerprint density at radius 1 is 1.22 bits per heavy atom. The first-order chi connectivity index (χ1) is 13.2. The zero-order chi connectivity index (χ0) is 18.9. The van der Waals surface area contributed by atoms with Gasteiger partial charge < -0.3 is 23.7 Å². The molecule has 0 aliphatic heterocycles. The number of ether oxygens (including phenoxy) is 2. The molecule has 1 amide bonds. The van der Waals surface area contributed by atoms with Crippen molar-refractivity contribution in [3.8, 4) is 17.3 Å². The standard InChI is InChI=1S/C19H21N3O5/c1-24-10-11-25-15-5-2-4-14(12-15)13-20-17(23)7-8-18-21-19(22-27-18)16-6-3-9-26-16/h2-6,9,12H,7-8,10-11,13H2,1H3,(H,20,23). The normalized spacial score (nSPS) is 10.7. The van der Waals surface area contributed by atoms with Gasteiger partial charge in [-0.15, -0.1) is 0 Å². The van der Waals surface area contributed by atoms with Gasteiger partial charge in [0.2, 0.25) is 17.6 Å². The van der Waals surface area contributed by atoms with Gasteiger partial charge in [-0.3, -0.25) is 4.79 Å². The molecule has 0 spiro atoms. The average molecular weight is 371 g/mol. The summed E-state index contributed by atoms with van der Waals surface area (Å²) in [4.78, 5) is 16.3. The molecule has 0 unspecified atom stereocenters. The monoisotopic (exact) mass is 371 g/mol. The fourth-order valence-electron chi connectivity index (χ4n) is 2.36. The van der Waals surface area contributed by atoms with Gasteiger partial charge in [-0.1, -0.05) is 17.3 Å². The van der Waals surface area contributed by atoms with Gasteiger partial charge in [0.25, 0.3) is 0 Å². The maximum atomic E-state index is 12.1. The van der Waals surface area contributed by atoms with Gasteiger partial charge in [-0.2, -0.15) is 4.98 Å². The first kappa shape index (κ1) is 18.7. The molecule has 3 aromatic rings. The van der Waals surface area contributed by atoms with E-state index in [1.165, 1.54) is 6.26 Å². The number of amides is 1. The summed E-state index contributed by atoms with van der Waals surface area (Å²) in [7, 11) is 1.63. The van der Waals surface area contributed by atoms with E-state index in [2.05, 4.69) is 15.5 Å². The molecule has 8 heteroatoms. The van der Waals surface area contributed by atoms with Gasteiger partial charge in [0.15, 0.2) is 5.76 Å². The number of hydrogen-bond acceptors (Lipinski definition) is 7. The Labute approximate surface area is 156 Å². The van der Waals surface area contributed by atoms with E-state index in [4.69, 9.17) is 18.4 Å². The van der Waals surface area contributed by atoms with Gasteiger partial charge >= 0.3 is 0 Å². The molecular formula is C19H21N3O5. The maximum absolute atomic E-state index is 12.1. The topological polar surface area (TPSA) is 99.6 Å². The molecule has 0 fully saturated rings. The maximum Gasteiger partial charge on any atom is 0.238 e. The number of nitrogens with zero attached hydrogens (tertiary/aromatic N) is 2. The fraction of sp³-hybridized carbons (Fsp3) is 0.316. The Hall–Kier alpha value is -3.13. The van der Waals surface area contributed by atoms with Crippen molar-refractivity contribution in [2.24, 2.45) is 0 Å². The average Bonchev–Trinajstić information content (AvgIpc) is 3.37. The van der Waals surface area contributed by atoms with Crippen molar-refractivity contribution < 1.29 is 23.2 Å². The van der Waals surface area contributed by atoms with Gasteiger partial charge in [0.1, 0.15) is 12.4 Å². The van der Waals surface area contributed by atoms with Crippen LogP contribution in [-0.4, -0.2) is 36.4 Å². The first-order valence-electron chi connectivity index (χ1n) is 8.58. The van der Waals surface area contributed by atoms with Crippen LogP contribution in [0.3, 0.4) is 0 Å². The van der Waals surface area contributed by atoms with Crippen LogP contribution in [0.4, 0.5) is 0 Å². The van der Waals surface area contributed by atoms with E-state index >= 15 is 0 Å². The van der Waals surface area contributed by atoms with Gasteiger partial charge in [-0.25, -0.2) is 0 Å². The third kappa shape index (κ3) is 5.68. The minimum atomic E-state index is -0.0987. The fourth-order valence-corrected chi connectivity index (χ4v) is 2.36. The third-order valence-electron chi connectivity index (χ3n) is 3.72. The number of benzene rings is 1. The number of furan rings is 1. The van der Waals surface area contributed by atoms with Crippen LogP contribution in [-0.2, 0) is 22.5 Å². The molecule has 2 heterocycles.